The minimum absolute atomic E-state index is 0.177. The highest BCUT2D eigenvalue weighted by Gasteiger charge is 2.35. The fraction of sp³-hybridized carbons (Fsp3) is 0.429. The third-order valence-electron chi connectivity index (χ3n) is 3.12. The average Bonchev–Trinajstić information content (AvgIpc) is 2.63. The SMILES string of the molecule is CN(C)c1ccc(NC(=O)N2CC(C)(C)NC2=S)cc1. The standard InChI is InChI=1S/C14H20N4OS/c1-14(2)9-18(13(20)16-14)12(19)15-10-5-7-11(8-6-10)17(3)4/h5-8H,9H2,1-4H3,(H,15,19)(H,16,20). The molecule has 2 rings (SSSR count). The van der Waals surface area contributed by atoms with Crippen LogP contribution >= 0.6 is 12.2 Å². The minimum atomic E-state index is -0.203. The van der Waals surface area contributed by atoms with E-state index in [0.29, 0.717) is 11.7 Å². The van der Waals surface area contributed by atoms with Gasteiger partial charge in [0.15, 0.2) is 5.11 Å². The Labute approximate surface area is 124 Å². The Balaban J connectivity index is 2.03. The second kappa shape index (κ2) is 5.28. The molecule has 0 saturated carbocycles. The molecule has 2 amide bonds. The van der Waals surface area contributed by atoms with E-state index >= 15 is 0 Å². The van der Waals surface area contributed by atoms with Gasteiger partial charge in [0.25, 0.3) is 0 Å². The second-order valence-corrected chi connectivity index (χ2v) is 6.16. The first-order valence-electron chi connectivity index (χ1n) is 6.46. The van der Waals surface area contributed by atoms with Crippen LogP contribution in [0.25, 0.3) is 0 Å². The van der Waals surface area contributed by atoms with Crippen LogP contribution in [0, 0.1) is 0 Å². The molecule has 1 aliphatic rings. The summed E-state index contributed by atoms with van der Waals surface area (Å²) in [6, 6.07) is 7.47. The first-order valence-corrected chi connectivity index (χ1v) is 6.87. The lowest BCUT2D eigenvalue weighted by Gasteiger charge is -2.18. The Hall–Kier alpha value is -1.82. The normalized spacial score (nSPS) is 16.8. The highest BCUT2D eigenvalue weighted by Crippen LogP contribution is 2.18. The number of anilines is 2. The van der Waals surface area contributed by atoms with E-state index in [1.165, 1.54) is 0 Å². The highest BCUT2D eigenvalue weighted by atomic mass is 32.1. The van der Waals surface area contributed by atoms with E-state index < -0.39 is 0 Å². The zero-order valence-corrected chi connectivity index (χ0v) is 13.0. The molecule has 0 atom stereocenters. The molecule has 0 spiro atoms. The molecule has 1 aromatic rings. The highest BCUT2D eigenvalue weighted by molar-refractivity contribution is 7.80. The fourth-order valence-electron chi connectivity index (χ4n) is 2.06. The van der Waals surface area contributed by atoms with Crippen molar-refractivity contribution in [2.24, 2.45) is 0 Å². The van der Waals surface area contributed by atoms with Gasteiger partial charge in [-0.05, 0) is 50.3 Å². The van der Waals surface area contributed by atoms with Crippen LogP contribution < -0.4 is 15.5 Å². The van der Waals surface area contributed by atoms with Crippen molar-refractivity contribution in [3.8, 4) is 0 Å². The molecule has 1 saturated heterocycles. The first-order chi connectivity index (χ1) is 9.28. The predicted octanol–water partition coefficient (Wildman–Crippen LogP) is 2.25. The van der Waals surface area contributed by atoms with Crippen molar-refractivity contribution in [2.75, 3.05) is 30.9 Å². The van der Waals surface area contributed by atoms with Gasteiger partial charge in [-0.15, -0.1) is 0 Å². The average molecular weight is 292 g/mol. The molecule has 1 aliphatic heterocycles. The third-order valence-corrected chi connectivity index (χ3v) is 3.45. The van der Waals surface area contributed by atoms with Crippen LogP contribution in [0.3, 0.4) is 0 Å². The van der Waals surface area contributed by atoms with Gasteiger partial charge in [0.05, 0.1) is 12.1 Å². The van der Waals surface area contributed by atoms with Gasteiger partial charge in [0.1, 0.15) is 0 Å². The number of hydrogen-bond acceptors (Lipinski definition) is 3. The number of hydrogen-bond donors (Lipinski definition) is 2. The number of thiocarbonyl (C=S) groups is 1. The van der Waals surface area contributed by atoms with Crippen LogP contribution in [0.4, 0.5) is 16.2 Å². The zero-order valence-electron chi connectivity index (χ0n) is 12.2. The molecule has 0 aliphatic carbocycles. The molecule has 0 radical (unpaired) electrons. The lowest BCUT2D eigenvalue weighted by Crippen LogP contribution is -2.37. The van der Waals surface area contributed by atoms with Gasteiger partial charge >= 0.3 is 6.03 Å². The molecule has 6 heteroatoms. The van der Waals surface area contributed by atoms with Crippen LogP contribution in [-0.2, 0) is 0 Å². The summed E-state index contributed by atoms with van der Waals surface area (Å²) in [6.45, 7) is 4.59. The van der Waals surface area contributed by atoms with Crippen molar-refractivity contribution < 1.29 is 4.79 Å². The Bertz CT molecular complexity index is 524. The first kappa shape index (κ1) is 14.6. The maximum atomic E-state index is 12.2. The molecule has 0 bridgehead atoms. The van der Waals surface area contributed by atoms with Gasteiger partial charge in [0, 0.05) is 25.5 Å². The maximum absolute atomic E-state index is 12.2. The summed E-state index contributed by atoms with van der Waals surface area (Å²) in [5.74, 6) is 0. The Morgan fingerprint density at radius 1 is 1.35 bits per heavy atom. The van der Waals surface area contributed by atoms with Gasteiger partial charge in [0.2, 0.25) is 0 Å². The Kier molecular flexibility index (Phi) is 3.85. The fourth-order valence-corrected chi connectivity index (χ4v) is 2.49. The number of carbonyl (C=O) groups is 1. The number of carbonyl (C=O) groups excluding carboxylic acids is 1. The van der Waals surface area contributed by atoms with E-state index in [1.807, 2.05) is 57.1 Å². The molecular weight excluding hydrogens is 272 g/mol. The molecule has 108 valence electrons. The van der Waals surface area contributed by atoms with Gasteiger partial charge in [-0.1, -0.05) is 0 Å². The van der Waals surface area contributed by atoms with E-state index in [9.17, 15) is 4.79 Å². The number of benzene rings is 1. The van der Waals surface area contributed by atoms with E-state index in [2.05, 4.69) is 10.6 Å². The van der Waals surface area contributed by atoms with Crippen LogP contribution in [0.1, 0.15) is 13.8 Å². The molecule has 2 N–H and O–H groups in total. The van der Waals surface area contributed by atoms with E-state index in [4.69, 9.17) is 12.2 Å². The molecule has 5 nitrogen and oxygen atoms in total. The topological polar surface area (TPSA) is 47.6 Å². The van der Waals surface area contributed by atoms with Crippen molar-refractivity contribution in [3.63, 3.8) is 0 Å². The van der Waals surface area contributed by atoms with Crippen LogP contribution in [-0.4, -0.2) is 42.2 Å². The summed E-state index contributed by atoms with van der Waals surface area (Å²) >= 11 is 5.18. The summed E-state index contributed by atoms with van der Waals surface area (Å²) in [5, 5.41) is 6.45. The van der Waals surface area contributed by atoms with Crippen molar-refractivity contribution >= 4 is 34.7 Å². The third kappa shape index (κ3) is 3.19. The van der Waals surface area contributed by atoms with Crippen LogP contribution in [0.2, 0.25) is 0 Å². The van der Waals surface area contributed by atoms with Crippen LogP contribution in [0.15, 0.2) is 24.3 Å². The molecule has 0 unspecified atom stereocenters. The zero-order chi connectivity index (χ0) is 14.9. The summed E-state index contributed by atoms with van der Waals surface area (Å²) in [7, 11) is 3.95. The van der Waals surface area contributed by atoms with Gasteiger partial charge in [-0.2, -0.15) is 0 Å². The molecule has 20 heavy (non-hydrogen) atoms. The maximum Gasteiger partial charge on any atom is 0.328 e. The van der Waals surface area contributed by atoms with Gasteiger partial charge < -0.3 is 15.5 Å². The summed E-state index contributed by atoms with van der Waals surface area (Å²) in [4.78, 5) is 15.8. The molecule has 0 aromatic heterocycles. The summed E-state index contributed by atoms with van der Waals surface area (Å²) in [6.07, 6.45) is 0. The quantitative estimate of drug-likeness (QED) is 0.821. The minimum Gasteiger partial charge on any atom is -0.378 e. The largest absolute Gasteiger partial charge is 0.378 e. The lowest BCUT2D eigenvalue weighted by atomic mass is 10.1. The predicted molar refractivity (Wildman–Crippen MR) is 86.3 cm³/mol. The van der Waals surface area contributed by atoms with Gasteiger partial charge in [-0.3, -0.25) is 4.90 Å². The van der Waals surface area contributed by atoms with Crippen LogP contribution in [0.5, 0.6) is 0 Å². The monoisotopic (exact) mass is 292 g/mol. The molecule has 1 aromatic carbocycles. The smallest absolute Gasteiger partial charge is 0.328 e. The summed E-state index contributed by atoms with van der Waals surface area (Å²) in [5.41, 5.74) is 1.67. The number of nitrogens with zero attached hydrogens (tertiary/aromatic N) is 2. The molecule has 1 heterocycles. The van der Waals surface area contributed by atoms with E-state index in [1.54, 1.807) is 4.90 Å². The lowest BCUT2D eigenvalue weighted by molar-refractivity contribution is 0.233. The van der Waals surface area contributed by atoms with Crippen molar-refractivity contribution in [3.05, 3.63) is 24.3 Å². The van der Waals surface area contributed by atoms with Crippen molar-refractivity contribution in [1.82, 2.24) is 10.2 Å². The van der Waals surface area contributed by atoms with Gasteiger partial charge in [-0.25, -0.2) is 4.79 Å². The van der Waals surface area contributed by atoms with Crippen molar-refractivity contribution in [1.29, 1.82) is 0 Å². The molecule has 1 fully saturated rings. The second-order valence-electron chi connectivity index (χ2n) is 5.77. The van der Waals surface area contributed by atoms with E-state index in [-0.39, 0.29) is 11.6 Å². The van der Waals surface area contributed by atoms with Crippen molar-refractivity contribution in [2.45, 2.75) is 19.4 Å². The Morgan fingerprint density at radius 3 is 2.40 bits per heavy atom. The number of nitrogens with one attached hydrogen (secondary N) is 2. The molecular formula is C14H20N4OS. The summed E-state index contributed by atoms with van der Waals surface area (Å²) < 4.78 is 0. The number of urea groups is 1. The van der Waals surface area contributed by atoms with E-state index in [0.717, 1.165) is 11.4 Å². The number of rotatable bonds is 2. The Morgan fingerprint density at radius 2 is 1.95 bits per heavy atom. The number of amides is 2.